The summed E-state index contributed by atoms with van der Waals surface area (Å²) in [5.41, 5.74) is 0. The van der Waals surface area contributed by atoms with Crippen molar-refractivity contribution in [3.05, 3.63) is 0 Å². The van der Waals surface area contributed by atoms with Crippen molar-refractivity contribution in [1.82, 2.24) is 0 Å². The van der Waals surface area contributed by atoms with Gasteiger partial charge in [-0.15, -0.1) is 0 Å². The molecule has 0 aliphatic carbocycles. The van der Waals surface area contributed by atoms with Crippen LogP contribution in [-0.2, 0) is 0 Å². The van der Waals surface area contributed by atoms with Crippen LogP contribution in [0.3, 0.4) is 0 Å². The number of rotatable bonds is 2. The summed E-state index contributed by atoms with van der Waals surface area (Å²) in [5, 5.41) is 17.9. The molecule has 2 unspecified atom stereocenters. The molecular formula is C6H5Br2IN2. The zero-order valence-electron chi connectivity index (χ0n) is 5.74. The van der Waals surface area contributed by atoms with Crippen LogP contribution in [0.2, 0.25) is 0 Å². The molecule has 0 spiro atoms. The van der Waals surface area contributed by atoms with Crippen LogP contribution in [0.5, 0.6) is 0 Å². The van der Waals surface area contributed by atoms with Gasteiger partial charge in [0.1, 0.15) is 7.75 Å². The molecule has 5 heteroatoms. The Bertz CT molecular complexity index is 228. The second-order valence-corrected chi connectivity index (χ2v) is 6.23. The third-order valence-corrected chi connectivity index (χ3v) is 6.06. The van der Waals surface area contributed by atoms with E-state index < -0.39 is 7.75 Å². The molecule has 0 rings (SSSR count). The Morgan fingerprint density at radius 3 is 2.00 bits per heavy atom. The molecule has 0 radical (unpaired) electrons. The number of nitriles is 2. The highest BCUT2D eigenvalue weighted by atomic mass is 127. The lowest BCUT2D eigenvalue weighted by atomic mass is 9.99. The van der Waals surface area contributed by atoms with Crippen LogP contribution in [-0.4, -0.2) is 13.1 Å². The Morgan fingerprint density at radius 1 is 1.45 bits per heavy atom. The van der Waals surface area contributed by atoms with Crippen LogP contribution in [0.15, 0.2) is 0 Å². The lowest BCUT2D eigenvalue weighted by Gasteiger charge is -2.26. The summed E-state index contributed by atoms with van der Waals surface area (Å²) >= 11 is 8.37. The van der Waals surface area contributed by atoms with E-state index in [9.17, 15) is 0 Å². The fourth-order valence-corrected chi connectivity index (χ4v) is 1.96. The average Bonchev–Trinajstić information content (AvgIpc) is 2.02. The van der Waals surface area contributed by atoms with Gasteiger partial charge in [-0.25, -0.2) is 0 Å². The van der Waals surface area contributed by atoms with Gasteiger partial charge in [-0.2, -0.15) is 10.5 Å². The normalized spacial score (nSPS) is 20.5. The van der Waals surface area contributed by atoms with Gasteiger partial charge in [-0.3, -0.25) is 0 Å². The van der Waals surface area contributed by atoms with Crippen molar-refractivity contribution in [2.75, 3.05) is 5.33 Å². The molecule has 0 aromatic rings. The van der Waals surface area contributed by atoms with E-state index in [0.29, 0.717) is 5.33 Å². The first-order valence-corrected chi connectivity index (χ1v) is 5.69. The van der Waals surface area contributed by atoms with Gasteiger partial charge in [0.2, 0.25) is 0 Å². The van der Waals surface area contributed by atoms with E-state index in [4.69, 9.17) is 10.5 Å². The predicted molar refractivity (Wildman–Crippen MR) is 59.1 cm³/mol. The first kappa shape index (κ1) is 11.7. The molecule has 0 aromatic carbocycles. The highest BCUT2D eigenvalue weighted by Crippen LogP contribution is 2.39. The zero-order valence-corrected chi connectivity index (χ0v) is 11.1. The first-order valence-electron chi connectivity index (χ1n) is 2.70. The van der Waals surface area contributed by atoms with Crippen LogP contribution < -0.4 is 0 Å². The number of hydrogen-bond donors (Lipinski definition) is 0. The van der Waals surface area contributed by atoms with Crippen molar-refractivity contribution in [3.8, 4) is 12.1 Å². The fourth-order valence-electron chi connectivity index (χ4n) is 0.349. The first-order chi connectivity index (χ1) is 4.93. The lowest BCUT2D eigenvalue weighted by Crippen LogP contribution is -2.41. The SMILES string of the molecule is CC(I)(C#N)C(Br)(C#N)CBr. The summed E-state index contributed by atoms with van der Waals surface area (Å²) in [6.45, 7) is 1.72. The minimum atomic E-state index is -0.810. The third kappa shape index (κ3) is 2.30. The van der Waals surface area contributed by atoms with Crippen molar-refractivity contribution in [3.63, 3.8) is 0 Å². The molecule has 0 fully saturated rings. The molecule has 0 aromatic heterocycles. The molecule has 0 aliphatic rings. The minimum absolute atomic E-state index is 0.434. The molecule has 11 heavy (non-hydrogen) atoms. The predicted octanol–water partition coefficient (Wildman–Crippen LogP) is 2.76. The van der Waals surface area contributed by atoms with E-state index in [2.05, 4.69) is 44.0 Å². The maximum absolute atomic E-state index is 8.77. The molecule has 0 amide bonds. The Labute approximate surface area is 96.3 Å². The van der Waals surface area contributed by atoms with Gasteiger partial charge in [0.25, 0.3) is 0 Å². The summed E-state index contributed by atoms with van der Waals surface area (Å²) in [6, 6.07) is 4.13. The topological polar surface area (TPSA) is 47.6 Å². The monoisotopic (exact) mass is 390 g/mol. The van der Waals surface area contributed by atoms with E-state index in [-0.39, 0.29) is 0 Å². The van der Waals surface area contributed by atoms with Crippen LogP contribution in [0.4, 0.5) is 0 Å². The van der Waals surface area contributed by atoms with Crippen LogP contribution in [0.25, 0.3) is 0 Å². The summed E-state index contributed by atoms with van der Waals surface area (Å²) in [4.78, 5) is 0. The Hall–Kier alpha value is 0.670. The Morgan fingerprint density at radius 2 is 1.91 bits per heavy atom. The molecule has 0 saturated heterocycles. The summed E-state index contributed by atoms with van der Waals surface area (Å²) in [6.07, 6.45) is 0. The highest BCUT2D eigenvalue weighted by Gasteiger charge is 2.45. The van der Waals surface area contributed by atoms with Crippen molar-refractivity contribution >= 4 is 54.5 Å². The molecule has 2 atom stereocenters. The van der Waals surface area contributed by atoms with E-state index >= 15 is 0 Å². The van der Waals surface area contributed by atoms with Crippen molar-refractivity contribution in [2.24, 2.45) is 0 Å². The smallest absolute Gasteiger partial charge is 0.149 e. The van der Waals surface area contributed by atoms with E-state index in [1.54, 1.807) is 6.92 Å². The number of alkyl halides is 3. The van der Waals surface area contributed by atoms with E-state index in [0.717, 1.165) is 0 Å². The van der Waals surface area contributed by atoms with Crippen LogP contribution in [0.1, 0.15) is 6.92 Å². The van der Waals surface area contributed by atoms with Crippen LogP contribution >= 0.6 is 54.5 Å². The largest absolute Gasteiger partial charge is 0.197 e. The molecule has 0 bridgehead atoms. The fraction of sp³-hybridized carbons (Fsp3) is 0.667. The molecule has 0 heterocycles. The van der Waals surface area contributed by atoms with Crippen LogP contribution in [0, 0.1) is 22.7 Å². The molecule has 0 N–H and O–H groups in total. The van der Waals surface area contributed by atoms with Gasteiger partial charge in [-0.05, 0) is 6.92 Å². The van der Waals surface area contributed by atoms with Gasteiger partial charge in [0, 0.05) is 5.33 Å². The van der Waals surface area contributed by atoms with Gasteiger partial charge < -0.3 is 0 Å². The zero-order chi connectivity index (χ0) is 9.12. The maximum Gasteiger partial charge on any atom is 0.149 e. The number of halogens is 3. The second-order valence-electron chi connectivity index (χ2n) is 2.16. The van der Waals surface area contributed by atoms with Gasteiger partial charge in [0.05, 0.1) is 12.1 Å². The maximum atomic E-state index is 8.77. The lowest BCUT2D eigenvalue weighted by molar-refractivity contribution is 0.733. The standard InChI is InChI=1S/C6H5Br2IN2/c1-5(9,3-10)6(8,2-7)4-11/h2H2,1H3. The number of nitrogens with zero attached hydrogens (tertiary/aromatic N) is 2. The highest BCUT2D eigenvalue weighted by molar-refractivity contribution is 14.1. The van der Waals surface area contributed by atoms with E-state index in [1.165, 1.54) is 0 Å². The van der Waals surface area contributed by atoms with Crippen molar-refractivity contribution in [2.45, 2.75) is 14.7 Å². The minimum Gasteiger partial charge on any atom is -0.197 e. The Balaban J connectivity index is 4.85. The second kappa shape index (κ2) is 4.06. The van der Waals surface area contributed by atoms with Gasteiger partial charge >= 0.3 is 0 Å². The quantitative estimate of drug-likeness (QED) is 0.537. The summed E-state index contributed by atoms with van der Waals surface area (Å²) in [7, 11) is 0. The number of hydrogen-bond acceptors (Lipinski definition) is 2. The van der Waals surface area contributed by atoms with Gasteiger partial charge in [-0.1, -0.05) is 54.5 Å². The molecule has 0 aliphatic heterocycles. The molecule has 0 saturated carbocycles. The molecule has 60 valence electrons. The van der Waals surface area contributed by atoms with Gasteiger partial charge in [0.15, 0.2) is 0 Å². The third-order valence-electron chi connectivity index (χ3n) is 1.32. The summed E-state index contributed by atoms with van der Waals surface area (Å²) < 4.78 is -1.53. The van der Waals surface area contributed by atoms with Crippen molar-refractivity contribution in [1.29, 1.82) is 10.5 Å². The van der Waals surface area contributed by atoms with E-state index in [1.807, 2.05) is 22.6 Å². The Kier molecular flexibility index (Phi) is 4.31. The van der Waals surface area contributed by atoms with Crippen molar-refractivity contribution < 1.29 is 0 Å². The average molecular weight is 392 g/mol. The molecule has 2 nitrogen and oxygen atoms in total. The molecular weight excluding hydrogens is 387 g/mol. The summed E-state index contributed by atoms with van der Waals surface area (Å²) in [5.74, 6) is 0.